The molecule has 0 aliphatic carbocycles. The molecule has 23 heavy (non-hydrogen) atoms. The van der Waals surface area contributed by atoms with Gasteiger partial charge in [-0.1, -0.05) is 60.7 Å². The van der Waals surface area contributed by atoms with E-state index in [0.717, 1.165) is 45.7 Å². The first-order valence-corrected chi connectivity index (χ1v) is 8.49. The molecule has 0 aromatic heterocycles. The lowest BCUT2D eigenvalue weighted by Gasteiger charge is -2.33. The summed E-state index contributed by atoms with van der Waals surface area (Å²) in [5.74, 6) is 0. The van der Waals surface area contributed by atoms with Crippen LogP contribution in [-0.2, 0) is 10.3 Å². The normalized spacial score (nSPS) is 16.4. The molecule has 2 aromatic carbocycles. The molecule has 3 heteroatoms. The van der Waals surface area contributed by atoms with Gasteiger partial charge < -0.3 is 10.5 Å². The molecule has 1 heterocycles. The molecule has 1 aliphatic heterocycles. The lowest BCUT2D eigenvalue weighted by molar-refractivity contribution is 0.0366. The first-order valence-electron chi connectivity index (χ1n) is 8.49. The molecule has 3 nitrogen and oxygen atoms in total. The fourth-order valence-corrected chi connectivity index (χ4v) is 3.33. The lowest BCUT2D eigenvalue weighted by Crippen LogP contribution is -2.40. The number of morpholine rings is 1. The predicted molar refractivity (Wildman–Crippen MR) is 94.3 cm³/mol. The Balaban J connectivity index is 1.73. The Bertz CT molecular complexity index is 540. The number of nitrogens with two attached hydrogens (primary N) is 1. The summed E-state index contributed by atoms with van der Waals surface area (Å²) in [7, 11) is 0. The van der Waals surface area contributed by atoms with Crippen LogP contribution in [0, 0.1) is 0 Å². The summed E-state index contributed by atoms with van der Waals surface area (Å²) in [5.41, 5.74) is 8.87. The molecular weight excluding hydrogens is 284 g/mol. The van der Waals surface area contributed by atoms with Gasteiger partial charge >= 0.3 is 0 Å². The molecule has 0 radical (unpaired) electrons. The van der Waals surface area contributed by atoms with Gasteiger partial charge in [0.15, 0.2) is 0 Å². The second-order valence-corrected chi connectivity index (χ2v) is 6.26. The van der Waals surface area contributed by atoms with Gasteiger partial charge in [-0.2, -0.15) is 0 Å². The first-order chi connectivity index (χ1) is 11.3. The van der Waals surface area contributed by atoms with Crippen LogP contribution in [0.2, 0.25) is 0 Å². The third-order valence-electron chi connectivity index (χ3n) is 4.73. The highest BCUT2D eigenvalue weighted by Crippen LogP contribution is 2.31. The molecule has 1 saturated heterocycles. The molecular formula is C20H26N2O. The van der Waals surface area contributed by atoms with Crippen LogP contribution in [0.3, 0.4) is 0 Å². The minimum absolute atomic E-state index is 0.422. The Morgan fingerprint density at radius 3 is 1.91 bits per heavy atom. The summed E-state index contributed by atoms with van der Waals surface area (Å²) < 4.78 is 5.42. The zero-order valence-corrected chi connectivity index (χ0v) is 13.7. The van der Waals surface area contributed by atoms with Gasteiger partial charge in [0.05, 0.1) is 18.8 Å². The second kappa shape index (κ2) is 7.73. The van der Waals surface area contributed by atoms with Gasteiger partial charge in [0, 0.05) is 13.1 Å². The highest BCUT2D eigenvalue weighted by atomic mass is 16.5. The Hall–Kier alpha value is -1.68. The van der Waals surface area contributed by atoms with E-state index in [1.807, 2.05) is 12.1 Å². The van der Waals surface area contributed by atoms with Gasteiger partial charge in [-0.25, -0.2) is 0 Å². The molecule has 0 spiro atoms. The van der Waals surface area contributed by atoms with E-state index in [1.165, 1.54) is 11.1 Å². The van der Waals surface area contributed by atoms with E-state index < -0.39 is 5.54 Å². The average Bonchev–Trinajstić information content (AvgIpc) is 2.64. The van der Waals surface area contributed by atoms with E-state index in [1.54, 1.807) is 0 Å². The Kier molecular flexibility index (Phi) is 5.44. The summed E-state index contributed by atoms with van der Waals surface area (Å²) in [5, 5.41) is 0. The minimum Gasteiger partial charge on any atom is -0.379 e. The molecule has 0 bridgehead atoms. The number of hydrogen-bond acceptors (Lipinski definition) is 3. The number of ether oxygens (including phenoxy) is 1. The molecule has 122 valence electrons. The molecule has 0 unspecified atom stereocenters. The maximum absolute atomic E-state index is 6.91. The van der Waals surface area contributed by atoms with Gasteiger partial charge in [-0.15, -0.1) is 0 Å². The third-order valence-corrected chi connectivity index (χ3v) is 4.73. The van der Waals surface area contributed by atoms with Crippen LogP contribution < -0.4 is 5.73 Å². The summed E-state index contributed by atoms with van der Waals surface area (Å²) in [6.45, 7) is 4.86. The SMILES string of the molecule is NC(CCCN1CCOCC1)(c1ccccc1)c1ccccc1. The average molecular weight is 310 g/mol. The summed E-state index contributed by atoms with van der Waals surface area (Å²) in [4.78, 5) is 2.47. The first kappa shape index (κ1) is 16.2. The Morgan fingerprint density at radius 1 is 0.870 bits per heavy atom. The van der Waals surface area contributed by atoms with Gasteiger partial charge in [0.2, 0.25) is 0 Å². The van der Waals surface area contributed by atoms with Crippen molar-refractivity contribution in [2.45, 2.75) is 18.4 Å². The van der Waals surface area contributed by atoms with Crippen molar-refractivity contribution in [3.8, 4) is 0 Å². The van der Waals surface area contributed by atoms with E-state index in [4.69, 9.17) is 10.5 Å². The maximum atomic E-state index is 6.91. The van der Waals surface area contributed by atoms with E-state index in [9.17, 15) is 0 Å². The van der Waals surface area contributed by atoms with E-state index in [2.05, 4.69) is 53.4 Å². The molecule has 1 aliphatic rings. The van der Waals surface area contributed by atoms with Crippen LogP contribution in [0.25, 0.3) is 0 Å². The molecule has 1 fully saturated rings. The predicted octanol–water partition coefficient (Wildman–Crippen LogP) is 3.00. The van der Waals surface area contributed by atoms with Gasteiger partial charge in [-0.05, 0) is 30.5 Å². The van der Waals surface area contributed by atoms with Crippen LogP contribution in [-0.4, -0.2) is 37.7 Å². The van der Waals surface area contributed by atoms with Crippen LogP contribution >= 0.6 is 0 Å². The zero-order valence-electron chi connectivity index (χ0n) is 13.7. The van der Waals surface area contributed by atoms with Crippen molar-refractivity contribution in [2.24, 2.45) is 5.73 Å². The Morgan fingerprint density at radius 2 is 1.39 bits per heavy atom. The van der Waals surface area contributed by atoms with E-state index >= 15 is 0 Å². The van der Waals surface area contributed by atoms with Crippen molar-refractivity contribution >= 4 is 0 Å². The Labute approximate surface area is 139 Å². The maximum Gasteiger partial charge on any atom is 0.0666 e. The van der Waals surface area contributed by atoms with E-state index in [-0.39, 0.29) is 0 Å². The van der Waals surface area contributed by atoms with Crippen LogP contribution in [0.1, 0.15) is 24.0 Å². The molecule has 2 aromatic rings. The lowest BCUT2D eigenvalue weighted by atomic mass is 9.80. The fourth-order valence-electron chi connectivity index (χ4n) is 3.33. The smallest absolute Gasteiger partial charge is 0.0666 e. The third kappa shape index (κ3) is 3.99. The minimum atomic E-state index is -0.422. The summed E-state index contributed by atoms with van der Waals surface area (Å²) >= 11 is 0. The number of benzene rings is 2. The van der Waals surface area contributed by atoms with Crippen molar-refractivity contribution in [1.82, 2.24) is 4.90 Å². The van der Waals surface area contributed by atoms with Crippen LogP contribution in [0.5, 0.6) is 0 Å². The van der Waals surface area contributed by atoms with Crippen molar-refractivity contribution in [2.75, 3.05) is 32.8 Å². The molecule has 0 saturated carbocycles. The van der Waals surface area contributed by atoms with Crippen LogP contribution in [0.15, 0.2) is 60.7 Å². The highest BCUT2D eigenvalue weighted by molar-refractivity contribution is 5.37. The van der Waals surface area contributed by atoms with Crippen molar-refractivity contribution in [1.29, 1.82) is 0 Å². The second-order valence-electron chi connectivity index (χ2n) is 6.26. The quantitative estimate of drug-likeness (QED) is 0.891. The topological polar surface area (TPSA) is 38.5 Å². The highest BCUT2D eigenvalue weighted by Gasteiger charge is 2.29. The van der Waals surface area contributed by atoms with Crippen molar-refractivity contribution < 1.29 is 4.74 Å². The number of hydrogen-bond donors (Lipinski definition) is 1. The van der Waals surface area contributed by atoms with Gasteiger partial charge in [0.1, 0.15) is 0 Å². The van der Waals surface area contributed by atoms with Crippen molar-refractivity contribution in [3.05, 3.63) is 71.8 Å². The number of nitrogens with zero attached hydrogens (tertiary/aromatic N) is 1. The molecule has 2 N–H and O–H groups in total. The largest absolute Gasteiger partial charge is 0.379 e. The zero-order chi connectivity index (χ0) is 16.0. The molecule has 0 amide bonds. The summed E-state index contributed by atoms with van der Waals surface area (Å²) in [6, 6.07) is 20.9. The van der Waals surface area contributed by atoms with Crippen molar-refractivity contribution in [3.63, 3.8) is 0 Å². The molecule has 3 rings (SSSR count). The van der Waals surface area contributed by atoms with Gasteiger partial charge in [0.25, 0.3) is 0 Å². The standard InChI is InChI=1S/C20H26N2O/c21-20(18-8-3-1-4-9-18,19-10-5-2-6-11-19)12-7-13-22-14-16-23-17-15-22/h1-6,8-11H,7,12-17,21H2. The fraction of sp³-hybridized carbons (Fsp3) is 0.400. The van der Waals surface area contributed by atoms with E-state index in [0.29, 0.717) is 0 Å². The monoisotopic (exact) mass is 310 g/mol. The molecule has 0 atom stereocenters. The van der Waals surface area contributed by atoms with Crippen LogP contribution in [0.4, 0.5) is 0 Å². The number of rotatable bonds is 6. The van der Waals surface area contributed by atoms with Gasteiger partial charge in [-0.3, -0.25) is 4.90 Å². The summed E-state index contributed by atoms with van der Waals surface area (Å²) in [6.07, 6.45) is 2.03.